The number of aromatic nitrogens is 3. The molecule has 2 atom stereocenters. The molecule has 5 heteroatoms. The summed E-state index contributed by atoms with van der Waals surface area (Å²) in [5.74, 6) is 0. The molecule has 2 aliphatic rings. The standard InChI is InChI=1S/C20H22N4O/c25-20(16-6-9-19-22-21-14-23(19)13-16)10-17-7-8-18(11-20)24(17)12-15-4-2-1-3-5-15/h1-6,9,13-14,17-18,25H,7-8,10-12H2. The Morgan fingerprint density at radius 1 is 1.04 bits per heavy atom. The number of benzene rings is 1. The van der Waals surface area contributed by atoms with Crippen molar-refractivity contribution >= 4 is 5.65 Å². The number of pyridine rings is 1. The van der Waals surface area contributed by atoms with Gasteiger partial charge in [-0.25, -0.2) is 0 Å². The minimum atomic E-state index is -0.752. The van der Waals surface area contributed by atoms with Crippen molar-refractivity contribution in [3.05, 3.63) is 66.1 Å². The van der Waals surface area contributed by atoms with Gasteiger partial charge in [-0.2, -0.15) is 0 Å². The summed E-state index contributed by atoms with van der Waals surface area (Å²) in [5, 5.41) is 19.4. The molecule has 2 saturated heterocycles. The van der Waals surface area contributed by atoms with Crippen molar-refractivity contribution in [1.29, 1.82) is 0 Å². The lowest BCUT2D eigenvalue weighted by Crippen LogP contribution is -2.49. The minimum absolute atomic E-state index is 0.445. The van der Waals surface area contributed by atoms with Crippen molar-refractivity contribution in [2.75, 3.05) is 0 Å². The largest absolute Gasteiger partial charge is 0.385 e. The maximum Gasteiger partial charge on any atom is 0.160 e. The summed E-state index contributed by atoms with van der Waals surface area (Å²) in [6.07, 6.45) is 7.63. The van der Waals surface area contributed by atoms with Crippen molar-refractivity contribution in [1.82, 2.24) is 19.5 Å². The van der Waals surface area contributed by atoms with Crippen molar-refractivity contribution in [2.24, 2.45) is 0 Å². The molecule has 128 valence electrons. The van der Waals surface area contributed by atoms with E-state index in [2.05, 4.69) is 45.4 Å². The van der Waals surface area contributed by atoms with Crippen LogP contribution in [0.4, 0.5) is 0 Å². The first kappa shape index (κ1) is 15.0. The Kier molecular flexibility index (Phi) is 3.40. The molecule has 0 radical (unpaired) electrons. The number of hydrogen-bond acceptors (Lipinski definition) is 4. The molecule has 2 aliphatic heterocycles. The Balaban J connectivity index is 1.41. The SMILES string of the molecule is OC1(c2ccc3nncn3c2)CC2CCC(C1)N2Cc1ccccc1. The second-order valence-corrected chi connectivity index (χ2v) is 7.50. The second kappa shape index (κ2) is 5.64. The highest BCUT2D eigenvalue weighted by Gasteiger charge is 2.48. The zero-order valence-electron chi connectivity index (χ0n) is 14.1. The average Bonchev–Trinajstić information content (AvgIpc) is 3.19. The summed E-state index contributed by atoms with van der Waals surface area (Å²) in [4.78, 5) is 2.60. The van der Waals surface area contributed by atoms with Crippen molar-refractivity contribution in [3.63, 3.8) is 0 Å². The third kappa shape index (κ3) is 2.55. The lowest BCUT2D eigenvalue weighted by molar-refractivity contribution is -0.0597. The van der Waals surface area contributed by atoms with E-state index in [0.29, 0.717) is 12.1 Å². The van der Waals surface area contributed by atoms with Gasteiger partial charge in [-0.1, -0.05) is 36.4 Å². The summed E-state index contributed by atoms with van der Waals surface area (Å²) < 4.78 is 1.89. The molecule has 1 N–H and O–H groups in total. The Hall–Kier alpha value is -2.24. The molecule has 4 heterocycles. The van der Waals surface area contributed by atoms with Crippen LogP contribution in [0.25, 0.3) is 5.65 Å². The molecule has 1 aromatic carbocycles. The first-order chi connectivity index (χ1) is 12.2. The molecule has 2 unspecified atom stereocenters. The lowest BCUT2D eigenvalue weighted by Gasteiger charge is -2.44. The quantitative estimate of drug-likeness (QED) is 0.800. The first-order valence-corrected chi connectivity index (χ1v) is 9.03. The van der Waals surface area contributed by atoms with E-state index in [9.17, 15) is 5.11 Å². The van der Waals surface area contributed by atoms with E-state index in [1.54, 1.807) is 6.33 Å². The van der Waals surface area contributed by atoms with Crippen LogP contribution in [0.3, 0.4) is 0 Å². The molecule has 0 amide bonds. The van der Waals surface area contributed by atoms with Crippen LogP contribution in [0.5, 0.6) is 0 Å². The first-order valence-electron chi connectivity index (χ1n) is 9.03. The van der Waals surface area contributed by atoms with Crippen LogP contribution in [0.15, 0.2) is 55.0 Å². The smallest absolute Gasteiger partial charge is 0.160 e. The predicted molar refractivity (Wildman–Crippen MR) is 94.9 cm³/mol. The molecule has 2 bridgehead atoms. The van der Waals surface area contributed by atoms with Gasteiger partial charge in [-0.05, 0) is 37.3 Å². The molecule has 5 rings (SSSR count). The van der Waals surface area contributed by atoms with Gasteiger partial charge in [0.05, 0.1) is 5.60 Å². The van der Waals surface area contributed by atoms with Gasteiger partial charge in [0.1, 0.15) is 6.33 Å². The topological polar surface area (TPSA) is 53.7 Å². The molecule has 2 fully saturated rings. The minimum Gasteiger partial charge on any atom is -0.385 e. The normalized spacial score (nSPS) is 29.3. The van der Waals surface area contributed by atoms with Crippen LogP contribution in [-0.2, 0) is 12.1 Å². The molecule has 0 saturated carbocycles. The monoisotopic (exact) mass is 334 g/mol. The van der Waals surface area contributed by atoms with E-state index >= 15 is 0 Å². The van der Waals surface area contributed by atoms with Crippen LogP contribution < -0.4 is 0 Å². The van der Waals surface area contributed by atoms with Crippen molar-refractivity contribution in [2.45, 2.75) is 49.9 Å². The number of rotatable bonds is 3. The van der Waals surface area contributed by atoms with Gasteiger partial charge in [-0.3, -0.25) is 9.30 Å². The van der Waals surface area contributed by atoms with Crippen LogP contribution in [0.2, 0.25) is 0 Å². The number of fused-ring (bicyclic) bond motifs is 3. The fraction of sp³-hybridized carbons (Fsp3) is 0.400. The maximum atomic E-state index is 11.4. The maximum absolute atomic E-state index is 11.4. The second-order valence-electron chi connectivity index (χ2n) is 7.50. The lowest BCUT2D eigenvalue weighted by atomic mass is 9.81. The number of aliphatic hydroxyl groups is 1. The van der Waals surface area contributed by atoms with Gasteiger partial charge in [-0.15, -0.1) is 10.2 Å². The summed E-state index contributed by atoms with van der Waals surface area (Å²) in [6.45, 7) is 0.983. The zero-order chi connectivity index (χ0) is 16.9. The highest BCUT2D eigenvalue weighted by atomic mass is 16.3. The van der Waals surface area contributed by atoms with E-state index < -0.39 is 5.60 Å². The molecular weight excluding hydrogens is 312 g/mol. The van der Waals surface area contributed by atoms with Gasteiger partial charge in [0.2, 0.25) is 0 Å². The summed E-state index contributed by atoms with van der Waals surface area (Å²) >= 11 is 0. The molecule has 0 spiro atoms. The Bertz CT molecular complexity index is 877. The molecule has 2 aromatic heterocycles. The van der Waals surface area contributed by atoms with Crippen molar-refractivity contribution < 1.29 is 5.11 Å². The van der Waals surface area contributed by atoms with Gasteiger partial charge >= 0.3 is 0 Å². The number of nitrogens with zero attached hydrogens (tertiary/aromatic N) is 4. The van der Waals surface area contributed by atoms with Crippen LogP contribution in [0, 0.1) is 0 Å². The highest BCUT2D eigenvalue weighted by molar-refractivity contribution is 5.39. The van der Waals surface area contributed by atoms with E-state index in [1.807, 2.05) is 22.7 Å². The number of piperidine rings is 1. The summed E-state index contributed by atoms with van der Waals surface area (Å²) in [7, 11) is 0. The molecular formula is C20H22N4O. The van der Waals surface area contributed by atoms with E-state index in [1.165, 1.54) is 18.4 Å². The summed E-state index contributed by atoms with van der Waals surface area (Å²) in [6, 6.07) is 15.5. The third-order valence-electron chi connectivity index (χ3n) is 5.95. The van der Waals surface area contributed by atoms with Gasteiger partial charge in [0.15, 0.2) is 5.65 Å². The highest BCUT2D eigenvalue weighted by Crippen LogP contribution is 2.46. The fourth-order valence-electron chi connectivity index (χ4n) is 4.71. The van der Waals surface area contributed by atoms with E-state index in [4.69, 9.17) is 0 Å². The molecule has 25 heavy (non-hydrogen) atoms. The van der Waals surface area contributed by atoms with E-state index in [0.717, 1.165) is 30.6 Å². The average molecular weight is 334 g/mol. The van der Waals surface area contributed by atoms with Gasteiger partial charge in [0, 0.05) is 30.4 Å². The third-order valence-corrected chi connectivity index (χ3v) is 5.95. The van der Waals surface area contributed by atoms with Crippen molar-refractivity contribution in [3.8, 4) is 0 Å². The van der Waals surface area contributed by atoms with Crippen LogP contribution in [0.1, 0.15) is 36.8 Å². The van der Waals surface area contributed by atoms with Gasteiger partial charge < -0.3 is 5.11 Å². The molecule has 0 aliphatic carbocycles. The predicted octanol–water partition coefficient (Wildman–Crippen LogP) is 2.74. The Morgan fingerprint density at radius 3 is 2.56 bits per heavy atom. The van der Waals surface area contributed by atoms with Crippen LogP contribution >= 0.6 is 0 Å². The number of hydrogen-bond donors (Lipinski definition) is 1. The fourth-order valence-corrected chi connectivity index (χ4v) is 4.71. The Labute approximate surface area is 146 Å². The molecule has 5 nitrogen and oxygen atoms in total. The van der Waals surface area contributed by atoms with Gasteiger partial charge in [0.25, 0.3) is 0 Å². The van der Waals surface area contributed by atoms with Crippen LogP contribution in [-0.4, -0.2) is 36.7 Å². The Morgan fingerprint density at radius 2 is 1.80 bits per heavy atom. The van der Waals surface area contributed by atoms with E-state index in [-0.39, 0.29) is 0 Å². The molecule has 3 aromatic rings. The zero-order valence-corrected chi connectivity index (χ0v) is 14.1. The summed E-state index contributed by atoms with van der Waals surface area (Å²) in [5.41, 5.74) is 2.40.